The lowest BCUT2D eigenvalue weighted by molar-refractivity contribution is 0.401. The average molecular weight is 286 g/mol. The smallest absolute Gasteiger partial charge is 0.118 e. The number of hydrogen-bond acceptors (Lipinski definition) is 3. The fourth-order valence-corrected chi connectivity index (χ4v) is 3.96. The third kappa shape index (κ3) is 3.37. The van der Waals surface area contributed by atoms with Crippen LogP contribution in [0, 0.1) is 24.2 Å². The van der Waals surface area contributed by atoms with Crippen LogP contribution in [-0.4, -0.2) is 17.3 Å². The van der Waals surface area contributed by atoms with Crippen molar-refractivity contribution in [2.75, 3.05) is 5.75 Å². The first-order valence-corrected chi connectivity index (χ1v) is 8.69. The zero-order chi connectivity index (χ0) is 14.0. The minimum Gasteiger partial charge on any atom is -0.296 e. The topological polar surface area (TPSA) is 35.8 Å². The van der Waals surface area contributed by atoms with Crippen LogP contribution < -0.4 is 5.32 Å². The number of hydrogen-bond donors (Lipinski definition) is 1. The predicted octanol–water partition coefficient (Wildman–Crippen LogP) is 3.65. The van der Waals surface area contributed by atoms with Crippen molar-refractivity contribution in [2.45, 2.75) is 49.9 Å². The standard InChI is InChI=1S/C17H22N2S/c1-13-3-2-4-14(9-13)10-20-12-17(11-18,15-5-6-15)19-16-7-8-16/h2-4,9,15-16,19H,5-8,10,12H2,1H3. The molecule has 106 valence electrons. The van der Waals surface area contributed by atoms with E-state index >= 15 is 0 Å². The molecule has 0 heterocycles. The van der Waals surface area contributed by atoms with E-state index in [2.05, 4.69) is 42.6 Å². The second-order valence-corrected chi connectivity index (χ2v) is 7.24. The summed E-state index contributed by atoms with van der Waals surface area (Å²) in [6.07, 6.45) is 4.94. The molecule has 2 fully saturated rings. The van der Waals surface area contributed by atoms with Gasteiger partial charge >= 0.3 is 0 Å². The van der Waals surface area contributed by atoms with E-state index in [-0.39, 0.29) is 5.54 Å². The molecule has 0 bridgehead atoms. The van der Waals surface area contributed by atoms with Gasteiger partial charge in [0.25, 0.3) is 0 Å². The number of benzene rings is 1. The van der Waals surface area contributed by atoms with Gasteiger partial charge in [0.1, 0.15) is 5.54 Å². The minimum atomic E-state index is -0.268. The van der Waals surface area contributed by atoms with Crippen LogP contribution in [0.4, 0.5) is 0 Å². The molecule has 0 saturated heterocycles. The summed E-state index contributed by atoms with van der Waals surface area (Å²) in [6, 6.07) is 11.9. The maximum absolute atomic E-state index is 9.68. The Morgan fingerprint density at radius 1 is 1.35 bits per heavy atom. The Kier molecular flexibility index (Phi) is 4.05. The number of thioether (sulfide) groups is 1. The van der Waals surface area contributed by atoms with Crippen LogP contribution in [0.15, 0.2) is 24.3 Å². The van der Waals surface area contributed by atoms with Crippen LogP contribution in [0.2, 0.25) is 0 Å². The first-order chi connectivity index (χ1) is 9.72. The van der Waals surface area contributed by atoms with Crippen molar-refractivity contribution in [3.05, 3.63) is 35.4 Å². The zero-order valence-electron chi connectivity index (χ0n) is 12.1. The van der Waals surface area contributed by atoms with Gasteiger partial charge in [-0.25, -0.2) is 0 Å². The van der Waals surface area contributed by atoms with Gasteiger partial charge in [0, 0.05) is 17.5 Å². The number of rotatable bonds is 7. The van der Waals surface area contributed by atoms with Gasteiger partial charge in [-0.15, -0.1) is 0 Å². The van der Waals surface area contributed by atoms with E-state index in [0.29, 0.717) is 12.0 Å². The monoisotopic (exact) mass is 286 g/mol. The third-order valence-corrected chi connectivity index (χ3v) is 5.39. The summed E-state index contributed by atoms with van der Waals surface area (Å²) >= 11 is 1.90. The first-order valence-electron chi connectivity index (χ1n) is 7.54. The highest BCUT2D eigenvalue weighted by Gasteiger charge is 2.47. The summed E-state index contributed by atoms with van der Waals surface area (Å²) in [5.74, 6) is 2.50. The van der Waals surface area contributed by atoms with Crippen LogP contribution in [0.3, 0.4) is 0 Å². The van der Waals surface area contributed by atoms with Gasteiger partial charge in [-0.05, 0) is 44.1 Å². The van der Waals surface area contributed by atoms with Gasteiger partial charge in [0.15, 0.2) is 0 Å². The molecule has 1 atom stereocenters. The Morgan fingerprint density at radius 3 is 2.75 bits per heavy atom. The normalized spacial score (nSPS) is 21.2. The predicted molar refractivity (Wildman–Crippen MR) is 84.6 cm³/mol. The Bertz CT molecular complexity index is 514. The van der Waals surface area contributed by atoms with E-state index in [1.165, 1.54) is 36.8 Å². The van der Waals surface area contributed by atoms with Crippen molar-refractivity contribution in [1.29, 1.82) is 5.26 Å². The minimum absolute atomic E-state index is 0.268. The van der Waals surface area contributed by atoms with Gasteiger partial charge in [0.05, 0.1) is 6.07 Å². The molecule has 3 heteroatoms. The maximum Gasteiger partial charge on any atom is 0.118 e. The van der Waals surface area contributed by atoms with Crippen molar-refractivity contribution in [2.24, 2.45) is 5.92 Å². The van der Waals surface area contributed by atoms with E-state index in [0.717, 1.165) is 11.5 Å². The molecule has 0 aromatic heterocycles. The summed E-state index contributed by atoms with van der Waals surface area (Å²) in [5.41, 5.74) is 2.41. The molecule has 2 aliphatic carbocycles. The summed E-state index contributed by atoms with van der Waals surface area (Å²) < 4.78 is 0. The SMILES string of the molecule is Cc1cccc(CSCC(C#N)(NC2CC2)C2CC2)c1. The third-order valence-electron chi connectivity index (χ3n) is 4.19. The molecule has 1 aromatic rings. The molecule has 1 aromatic carbocycles. The van der Waals surface area contributed by atoms with Crippen molar-refractivity contribution in [3.63, 3.8) is 0 Å². The van der Waals surface area contributed by atoms with Gasteiger partial charge in [-0.3, -0.25) is 5.32 Å². The largest absolute Gasteiger partial charge is 0.296 e. The van der Waals surface area contributed by atoms with Crippen LogP contribution in [-0.2, 0) is 5.75 Å². The molecule has 0 spiro atoms. The van der Waals surface area contributed by atoms with Gasteiger partial charge in [-0.1, -0.05) is 29.8 Å². The fourth-order valence-electron chi connectivity index (χ4n) is 2.73. The van der Waals surface area contributed by atoms with Crippen molar-refractivity contribution >= 4 is 11.8 Å². The summed E-state index contributed by atoms with van der Waals surface area (Å²) in [6.45, 7) is 2.13. The number of nitriles is 1. The Morgan fingerprint density at radius 2 is 2.15 bits per heavy atom. The second-order valence-electron chi connectivity index (χ2n) is 6.26. The zero-order valence-corrected chi connectivity index (χ0v) is 12.9. The molecule has 0 radical (unpaired) electrons. The molecule has 1 N–H and O–H groups in total. The molecule has 2 aliphatic rings. The fraction of sp³-hybridized carbons (Fsp3) is 0.588. The van der Waals surface area contributed by atoms with Gasteiger partial charge < -0.3 is 0 Å². The molecular weight excluding hydrogens is 264 g/mol. The number of nitrogens with zero attached hydrogens (tertiary/aromatic N) is 1. The highest BCUT2D eigenvalue weighted by molar-refractivity contribution is 7.98. The quantitative estimate of drug-likeness (QED) is 0.831. The summed E-state index contributed by atoms with van der Waals surface area (Å²) in [5, 5.41) is 13.3. The lowest BCUT2D eigenvalue weighted by atomic mass is 9.97. The lowest BCUT2D eigenvalue weighted by Crippen LogP contribution is -2.49. The van der Waals surface area contributed by atoms with Gasteiger partial charge in [0.2, 0.25) is 0 Å². The van der Waals surface area contributed by atoms with Crippen LogP contribution in [0.1, 0.15) is 36.8 Å². The maximum atomic E-state index is 9.68. The molecule has 2 nitrogen and oxygen atoms in total. The highest BCUT2D eigenvalue weighted by Crippen LogP contribution is 2.43. The van der Waals surface area contributed by atoms with E-state index in [1.807, 2.05) is 11.8 Å². The van der Waals surface area contributed by atoms with Crippen LogP contribution in [0.5, 0.6) is 0 Å². The summed E-state index contributed by atoms with van der Waals surface area (Å²) in [7, 11) is 0. The highest BCUT2D eigenvalue weighted by atomic mass is 32.2. The lowest BCUT2D eigenvalue weighted by Gasteiger charge is -2.28. The molecule has 2 saturated carbocycles. The van der Waals surface area contributed by atoms with Crippen molar-refractivity contribution in [3.8, 4) is 6.07 Å². The van der Waals surface area contributed by atoms with Crippen molar-refractivity contribution in [1.82, 2.24) is 5.32 Å². The Hall–Kier alpha value is -0.980. The first kappa shape index (κ1) is 14.0. The molecule has 3 rings (SSSR count). The van der Waals surface area contributed by atoms with Crippen LogP contribution in [0.25, 0.3) is 0 Å². The molecule has 20 heavy (non-hydrogen) atoms. The van der Waals surface area contributed by atoms with E-state index < -0.39 is 0 Å². The number of nitrogens with one attached hydrogen (secondary N) is 1. The Labute approximate surface area is 125 Å². The van der Waals surface area contributed by atoms with Crippen molar-refractivity contribution < 1.29 is 0 Å². The molecular formula is C17H22N2S. The Balaban J connectivity index is 1.58. The van der Waals surface area contributed by atoms with E-state index in [9.17, 15) is 5.26 Å². The van der Waals surface area contributed by atoms with Gasteiger partial charge in [-0.2, -0.15) is 17.0 Å². The second kappa shape index (κ2) is 5.79. The molecule has 1 unspecified atom stereocenters. The van der Waals surface area contributed by atoms with E-state index in [4.69, 9.17) is 0 Å². The summed E-state index contributed by atoms with van der Waals surface area (Å²) in [4.78, 5) is 0. The average Bonchev–Trinajstić information content (AvgIpc) is 3.30. The molecule has 0 aliphatic heterocycles. The van der Waals surface area contributed by atoms with Crippen LogP contribution >= 0.6 is 11.8 Å². The number of aryl methyl sites for hydroxylation is 1. The van der Waals surface area contributed by atoms with E-state index in [1.54, 1.807) is 0 Å². The molecule has 0 amide bonds.